The van der Waals surface area contributed by atoms with Crippen molar-refractivity contribution in [2.24, 2.45) is 5.73 Å². The van der Waals surface area contributed by atoms with Crippen molar-refractivity contribution in [1.82, 2.24) is 9.55 Å². The van der Waals surface area contributed by atoms with Gasteiger partial charge in [-0.25, -0.2) is 4.98 Å². The molecule has 92 valence electrons. The van der Waals surface area contributed by atoms with Crippen LogP contribution in [0.1, 0.15) is 45.9 Å². The van der Waals surface area contributed by atoms with Crippen molar-refractivity contribution in [2.45, 2.75) is 45.7 Å². The standard InChI is InChI=1S/C12H23N3S/c1-5-16-7-6-10(2)15-9-14-8-11(15)12(3,4)13/h8-10H,5-7,13H2,1-4H3. The molecule has 1 unspecified atom stereocenters. The summed E-state index contributed by atoms with van der Waals surface area (Å²) in [5.41, 5.74) is 6.92. The molecule has 0 saturated heterocycles. The Morgan fingerprint density at radius 3 is 2.81 bits per heavy atom. The zero-order valence-corrected chi connectivity index (χ0v) is 11.5. The van der Waals surface area contributed by atoms with Gasteiger partial charge < -0.3 is 10.3 Å². The van der Waals surface area contributed by atoms with Crippen LogP contribution in [0.2, 0.25) is 0 Å². The van der Waals surface area contributed by atoms with E-state index < -0.39 is 0 Å². The van der Waals surface area contributed by atoms with Gasteiger partial charge in [0.1, 0.15) is 0 Å². The Kier molecular flexibility index (Phi) is 4.87. The smallest absolute Gasteiger partial charge is 0.0951 e. The number of imidazole rings is 1. The molecule has 1 heterocycles. The summed E-state index contributed by atoms with van der Waals surface area (Å²) in [6.07, 6.45) is 4.94. The third kappa shape index (κ3) is 3.52. The summed E-state index contributed by atoms with van der Waals surface area (Å²) < 4.78 is 2.20. The van der Waals surface area contributed by atoms with E-state index in [0.717, 1.165) is 12.1 Å². The molecular formula is C12H23N3S. The molecule has 0 aliphatic rings. The lowest BCUT2D eigenvalue weighted by Crippen LogP contribution is -2.32. The molecule has 3 nitrogen and oxygen atoms in total. The molecule has 1 atom stereocenters. The van der Waals surface area contributed by atoms with Crippen LogP contribution < -0.4 is 5.73 Å². The van der Waals surface area contributed by atoms with Crippen LogP contribution in [0.5, 0.6) is 0 Å². The minimum absolute atomic E-state index is 0.317. The fourth-order valence-electron chi connectivity index (χ4n) is 1.69. The van der Waals surface area contributed by atoms with Gasteiger partial charge in [0, 0.05) is 12.2 Å². The molecule has 0 aliphatic heterocycles. The highest BCUT2D eigenvalue weighted by atomic mass is 32.2. The number of hydrogen-bond donors (Lipinski definition) is 1. The summed E-state index contributed by atoms with van der Waals surface area (Å²) in [4.78, 5) is 4.21. The highest BCUT2D eigenvalue weighted by Crippen LogP contribution is 2.22. The van der Waals surface area contributed by atoms with E-state index in [2.05, 4.69) is 23.4 Å². The average molecular weight is 241 g/mol. The fraction of sp³-hybridized carbons (Fsp3) is 0.750. The minimum Gasteiger partial charge on any atom is -0.330 e. The first-order chi connectivity index (χ1) is 7.46. The van der Waals surface area contributed by atoms with E-state index in [1.807, 2.05) is 38.1 Å². The van der Waals surface area contributed by atoms with Crippen molar-refractivity contribution < 1.29 is 0 Å². The SMILES string of the molecule is CCSCCC(C)n1cncc1C(C)(C)N. The molecule has 0 fully saturated rings. The van der Waals surface area contributed by atoms with Gasteiger partial charge in [-0.15, -0.1) is 0 Å². The number of nitrogens with zero attached hydrogens (tertiary/aromatic N) is 2. The van der Waals surface area contributed by atoms with Gasteiger partial charge in [-0.1, -0.05) is 6.92 Å². The van der Waals surface area contributed by atoms with E-state index in [0.29, 0.717) is 6.04 Å². The zero-order valence-electron chi connectivity index (χ0n) is 10.7. The Labute approximate surface area is 103 Å². The number of nitrogens with two attached hydrogens (primary N) is 1. The van der Waals surface area contributed by atoms with Gasteiger partial charge >= 0.3 is 0 Å². The molecule has 0 amide bonds. The van der Waals surface area contributed by atoms with Crippen molar-refractivity contribution in [1.29, 1.82) is 0 Å². The van der Waals surface area contributed by atoms with E-state index in [-0.39, 0.29) is 5.54 Å². The van der Waals surface area contributed by atoms with Crippen LogP contribution in [0, 0.1) is 0 Å². The molecule has 0 aromatic carbocycles. The van der Waals surface area contributed by atoms with Crippen LogP contribution >= 0.6 is 11.8 Å². The van der Waals surface area contributed by atoms with Gasteiger partial charge in [0.15, 0.2) is 0 Å². The van der Waals surface area contributed by atoms with Gasteiger partial charge in [0.2, 0.25) is 0 Å². The van der Waals surface area contributed by atoms with Crippen molar-refractivity contribution in [2.75, 3.05) is 11.5 Å². The zero-order chi connectivity index (χ0) is 12.2. The Morgan fingerprint density at radius 1 is 1.56 bits per heavy atom. The summed E-state index contributed by atoms with van der Waals surface area (Å²) in [5, 5.41) is 0. The van der Waals surface area contributed by atoms with Crippen LogP contribution in [0.3, 0.4) is 0 Å². The molecular weight excluding hydrogens is 218 g/mol. The van der Waals surface area contributed by atoms with Crippen molar-refractivity contribution in [3.05, 3.63) is 18.2 Å². The lowest BCUT2D eigenvalue weighted by Gasteiger charge is -2.24. The Hall–Kier alpha value is -0.480. The Balaban J connectivity index is 2.68. The summed E-state index contributed by atoms with van der Waals surface area (Å²) in [7, 11) is 0. The molecule has 2 N–H and O–H groups in total. The number of hydrogen-bond acceptors (Lipinski definition) is 3. The first kappa shape index (κ1) is 13.6. The molecule has 0 spiro atoms. The normalized spacial score (nSPS) is 14.1. The molecule has 1 aromatic rings. The predicted octanol–water partition coefficient (Wildman–Crippen LogP) is 2.78. The highest BCUT2D eigenvalue weighted by Gasteiger charge is 2.21. The Morgan fingerprint density at radius 2 is 2.25 bits per heavy atom. The fourth-order valence-corrected chi connectivity index (χ4v) is 2.49. The van der Waals surface area contributed by atoms with Gasteiger partial charge in [-0.05, 0) is 38.7 Å². The van der Waals surface area contributed by atoms with Crippen molar-refractivity contribution in [3.8, 4) is 0 Å². The van der Waals surface area contributed by atoms with Gasteiger partial charge in [0.25, 0.3) is 0 Å². The second kappa shape index (κ2) is 5.73. The van der Waals surface area contributed by atoms with E-state index in [9.17, 15) is 0 Å². The quantitative estimate of drug-likeness (QED) is 0.779. The first-order valence-electron chi connectivity index (χ1n) is 5.85. The van der Waals surface area contributed by atoms with E-state index >= 15 is 0 Å². The third-order valence-electron chi connectivity index (χ3n) is 2.69. The summed E-state index contributed by atoms with van der Waals surface area (Å²) in [6.45, 7) is 8.47. The van der Waals surface area contributed by atoms with Crippen LogP contribution in [0.15, 0.2) is 12.5 Å². The van der Waals surface area contributed by atoms with Crippen molar-refractivity contribution in [3.63, 3.8) is 0 Å². The molecule has 4 heteroatoms. The maximum absolute atomic E-state index is 6.13. The average Bonchev–Trinajstić information content (AvgIpc) is 2.65. The van der Waals surface area contributed by atoms with Crippen LogP contribution in [0.25, 0.3) is 0 Å². The highest BCUT2D eigenvalue weighted by molar-refractivity contribution is 7.99. The topological polar surface area (TPSA) is 43.8 Å². The second-order valence-electron chi connectivity index (χ2n) is 4.74. The molecule has 0 saturated carbocycles. The molecule has 16 heavy (non-hydrogen) atoms. The molecule has 1 rings (SSSR count). The molecule has 0 radical (unpaired) electrons. The lowest BCUT2D eigenvalue weighted by atomic mass is 10.0. The van der Waals surface area contributed by atoms with Crippen molar-refractivity contribution >= 4 is 11.8 Å². The number of aromatic nitrogens is 2. The minimum atomic E-state index is -0.317. The predicted molar refractivity (Wildman–Crippen MR) is 71.8 cm³/mol. The van der Waals surface area contributed by atoms with Crippen LogP contribution in [-0.2, 0) is 5.54 Å². The third-order valence-corrected chi connectivity index (χ3v) is 3.62. The van der Waals surface area contributed by atoms with Gasteiger partial charge in [0.05, 0.1) is 17.6 Å². The largest absolute Gasteiger partial charge is 0.330 e. The van der Waals surface area contributed by atoms with Crippen LogP contribution in [0.4, 0.5) is 0 Å². The molecule has 0 aliphatic carbocycles. The number of rotatable bonds is 6. The summed E-state index contributed by atoms with van der Waals surface area (Å²) >= 11 is 1.98. The maximum Gasteiger partial charge on any atom is 0.0951 e. The lowest BCUT2D eigenvalue weighted by molar-refractivity contribution is 0.444. The van der Waals surface area contributed by atoms with Gasteiger partial charge in [-0.2, -0.15) is 11.8 Å². The molecule has 0 bridgehead atoms. The summed E-state index contributed by atoms with van der Waals surface area (Å²) in [6, 6.07) is 0.472. The first-order valence-corrected chi connectivity index (χ1v) is 7.01. The maximum atomic E-state index is 6.13. The van der Waals surface area contributed by atoms with E-state index in [1.54, 1.807) is 0 Å². The van der Waals surface area contributed by atoms with E-state index in [1.165, 1.54) is 11.5 Å². The summed E-state index contributed by atoms with van der Waals surface area (Å²) in [5.74, 6) is 2.38. The second-order valence-corrected chi connectivity index (χ2v) is 6.14. The molecule has 1 aromatic heterocycles. The van der Waals surface area contributed by atoms with Gasteiger partial charge in [-0.3, -0.25) is 0 Å². The monoisotopic (exact) mass is 241 g/mol. The van der Waals surface area contributed by atoms with Crippen LogP contribution in [-0.4, -0.2) is 21.1 Å². The number of thioether (sulfide) groups is 1. The Bertz CT molecular complexity index is 314. The van der Waals surface area contributed by atoms with E-state index in [4.69, 9.17) is 5.73 Å².